The predicted molar refractivity (Wildman–Crippen MR) is 157 cm³/mol. The van der Waals surface area contributed by atoms with Crippen molar-refractivity contribution < 1.29 is 29.3 Å². The number of nitrogens with one attached hydrogen (secondary N) is 1. The number of aliphatic hydroxyl groups is 1. The highest BCUT2D eigenvalue weighted by Crippen LogP contribution is 2.38. The molecule has 0 spiro atoms. The van der Waals surface area contributed by atoms with Gasteiger partial charge in [0.2, 0.25) is 5.91 Å². The van der Waals surface area contributed by atoms with E-state index in [1.54, 1.807) is 0 Å². The Balaban J connectivity index is 1.43. The molecule has 0 bridgehead atoms. The second kappa shape index (κ2) is 15.4. The molecule has 0 radical (unpaired) electrons. The molecule has 1 aliphatic rings. The number of amides is 1. The summed E-state index contributed by atoms with van der Waals surface area (Å²) in [6.45, 7) is 1.52. The van der Waals surface area contributed by atoms with Crippen molar-refractivity contribution in [2.75, 3.05) is 18.9 Å². The standard InChI is InChI=1S/C33H40N2O6/c1-35(21-24-9-4-2-5-10-24)22-29-20-30(26-17-15-25(23-36)16-18-26)41-33(40-29)27-11-8-12-28(19-27)34-31(37)13-6-3-7-14-32(38)39/h2,4-5,8-12,15-19,29-30,33,36H,3,6-7,13-14,20-23H2,1H3,(H,34,37)(H,38,39)/t29-,30+,33+/m1/s1. The zero-order valence-electron chi connectivity index (χ0n) is 23.6. The zero-order chi connectivity index (χ0) is 29.0. The van der Waals surface area contributed by atoms with Crippen LogP contribution in [0.3, 0.4) is 0 Å². The van der Waals surface area contributed by atoms with Crippen LogP contribution in [0.25, 0.3) is 0 Å². The fraction of sp³-hybridized carbons (Fsp3) is 0.394. The number of ether oxygens (including phenoxy) is 2. The van der Waals surface area contributed by atoms with Crippen molar-refractivity contribution in [3.63, 3.8) is 0 Å². The highest BCUT2D eigenvalue weighted by molar-refractivity contribution is 5.90. The first-order valence-corrected chi connectivity index (χ1v) is 14.2. The van der Waals surface area contributed by atoms with Crippen molar-refractivity contribution in [3.8, 4) is 0 Å². The lowest BCUT2D eigenvalue weighted by Crippen LogP contribution is -2.37. The van der Waals surface area contributed by atoms with E-state index in [0.717, 1.165) is 29.8 Å². The largest absolute Gasteiger partial charge is 0.481 e. The number of hydrogen-bond acceptors (Lipinski definition) is 6. The minimum Gasteiger partial charge on any atom is -0.481 e. The fourth-order valence-corrected chi connectivity index (χ4v) is 5.07. The number of carboxylic acid groups (broad SMARTS) is 1. The highest BCUT2D eigenvalue weighted by atomic mass is 16.7. The van der Waals surface area contributed by atoms with Crippen LogP contribution in [-0.4, -0.2) is 46.7 Å². The lowest BCUT2D eigenvalue weighted by molar-refractivity contribution is -0.252. The number of hydrogen-bond donors (Lipinski definition) is 3. The second-order valence-corrected chi connectivity index (χ2v) is 10.7. The second-order valence-electron chi connectivity index (χ2n) is 10.7. The summed E-state index contributed by atoms with van der Waals surface area (Å²) in [7, 11) is 2.09. The molecule has 4 rings (SSSR count). The van der Waals surface area contributed by atoms with Crippen molar-refractivity contribution in [2.45, 2.75) is 70.2 Å². The molecule has 41 heavy (non-hydrogen) atoms. The van der Waals surface area contributed by atoms with E-state index in [9.17, 15) is 14.7 Å². The minimum absolute atomic E-state index is 0.00864. The van der Waals surface area contributed by atoms with Gasteiger partial charge in [-0.2, -0.15) is 0 Å². The van der Waals surface area contributed by atoms with Gasteiger partial charge < -0.3 is 25.0 Å². The number of benzene rings is 3. The topological polar surface area (TPSA) is 108 Å². The summed E-state index contributed by atoms with van der Waals surface area (Å²) in [6, 6.07) is 25.7. The average molecular weight is 561 g/mol. The van der Waals surface area contributed by atoms with Gasteiger partial charge in [-0.1, -0.05) is 73.2 Å². The van der Waals surface area contributed by atoms with E-state index in [-0.39, 0.29) is 31.1 Å². The van der Waals surface area contributed by atoms with Gasteiger partial charge in [0.1, 0.15) is 0 Å². The van der Waals surface area contributed by atoms with Crippen LogP contribution >= 0.6 is 0 Å². The Bertz CT molecular complexity index is 1250. The third-order valence-corrected chi connectivity index (χ3v) is 7.16. The van der Waals surface area contributed by atoms with Crippen LogP contribution in [0.1, 0.15) is 73.2 Å². The smallest absolute Gasteiger partial charge is 0.303 e. The average Bonchev–Trinajstić information content (AvgIpc) is 2.97. The first kappa shape index (κ1) is 30.4. The maximum absolute atomic E-state index is 12.5. The summed E-state index contributed by atoms with van der Waals surface area (Å²) in [5.41, 5.74) is 4.59. The number of carbonyl (C=O) groups excluding carboxylic acids is 1. The van der Waals surface area contributed by atoms with Crippen molar-refractivity contribution in [3.05, 3.63) is 101 Å². The molecule has 0 unspecified atom stereocenters. The summed E-state index contributed by atoms with van der Waals surface area (Å²) in [6.07, 6.45) is 2.16. The molecule has 0 aliphatic carbocycles. The van der Waals surface area contributed by atoms with Crippen LogP contribution in [0.5, 0.6) is 0 Å². The van der Waals surface area contributed by atoms with Gasteiger partial charge in [0.15, 0.2) is 6.29 Å². The molecule has 3 N–H and O–H groups in total. The maximum Gasteiger partial charge on any atom is 0.303 e. The van der Waals surface area contributed by atoms with Crippen molar-refractivity contribution in [1.82, 2.24) is 4.90 Å². The molecule has 3 aromatic rings. The normalized spacial score (nSPS) is 18.8. The molecule has 8 nitrogen and oxygen atoms in total. The van der Waals surface area contributed by atoms with Gasteiger partial charge in [-0.3, -0.25) is 14.5 Å². The molecule has 0 aromatic heterocycles. The highest BCUT2D eigenvalue weighted by Gasteiger charge is 2.33. The van der Waals surface area contributed by atoms with E-state index >= 15 is 0 Å². The van der Waals surface area contributed by atoms with Gasteiger partial charge in [0.05, 0.1) is 18.8 Å². The van der Waals surface area contributed by atoms with Gasteiger partial charge in [0.25, 0.3) is 0 Å². The number of aliphatic carboxylic acids is 1. The number of carboxylic acids is 1. The number of rotatable bonds is 14. The Morgan fingerprint density at radius 1 is 0.878 bits per heavy atom. The van der Waals surface area contributed by atoms with Gasteiger partial charge in [-0.15, -0.1) is 0 Å². The molecule has 0 saturated carbocycles. The number of anilines is 1. The molecule has 218 valence electrons. The molecule has 1 fully saturated rings. The summed E-state index contributed by atoms with van der Waals surface area (Å²) >= 11 is 0. The van der Waals surface area contributed by atoms with Gasteiger partial charge in [0, 0.05) is 43.6 Å². The van der Waals surface area contributed by atoms with Gasteiger partial charge in [-0.05, 0) is 48.7 Å². The monoisotopic (exact) mass is 560 g/mol. The van der Waals surface area contributed by atoms with Crippen LogP contribution in [0.4, 0.5) is 5.69 Å². The lowest BCUT2D eigenvalue weighted by Gasteiger charge is -2.38. The van der Waals surface area contributed by atoms with Crippen molar-refractivity contribution in [1.29, 1.82) is 0 Å². The third-order valence-electron chi connectivity index (χ3n) is 7.16. The molecule has 1 saturated heterocycles. The van der Waals surface area contributed by atoms with Gasteiger partial charge in [-0.25, -0.2) is 0 Å². The van der Waals surface area contributed by atoms with Crippen LogP contribution in [0.2, 0.25) is 0 Å². The van der Waals surface area contributed by atoms with Crippen LogP contribution in [-0.2, 0) is 32.2 Å². The van der Waals surface area contributed by atoms with E-state index in [0.29, 0.717) is 37.8 Å². The Kier molecular flexibility index (Phi) is 11.5. The fourth-order valence-electron chi connectivity index (χ4n) is 5.07. The molecule has 1 aliphatic heterocycles. The van der Waals surface area contributed by atoms with Crippen molar-refractivity contribution >= 4 is 17.6 Å². The maximum atomic E-state index is 12.5. The van der Waals surface area contributed by atoms with Gasteiger partial charge >= 0.3 is 5.97 Å². The summed E-state index contributed by atoms with van der Waals surface area (Å²) in [5.74, 6) is -0.918. The number of unbranched alkanes of at least 4 members (excludes halogenated alkanes) is 2. The van der Waals surface area contributed by atoms with E-state index < -0.39 is 12.3 Å². The van der Waals surface area contributed by atoms with Crippen LogP contribution < -0.4 is 5.32 Å². The molecule has 3 atom stereocenters. The number of carbonyl (C=O) groups is 2. The number of aliphatic hydroxyl groups excluding tert-OH is 1. The molecule has 3 aromatic carbocycles. The Morgan fingerprint density at radius 2 is 1.63 bits per heavy atom. The Hall–Kier alpha value is -3.56. The van der Waals surface area contributed by atoms with E-state index in [1.807, 2.05) is 66.7 Å². The Labute approximate surface area is 241 Å². The van der Waals surface area contributed by atoms with Crippen LogP contribution in [0.15, 0.2) is 78.9 Å². The molecular weight excluding hydrogens is 520 g/mol. The summed E-state index contributed by atoms with van der Waals surface area (Å²) in [4.78, 5) is 25.4. The first-order valence-electron chi connectivity index (χ1n) is 14.2. The number of nitrogens with zero attached hydrogens (tertiary/aromatic N) is 1. The SMILES string of the molecule is CN(Cc1ccccc1)C[C@H]1C[C@@H](c2ccc(CO)cc2)O[C@@H](c2cccc(NC(=O)CCCCCC(=O)O)c2)O1. The van der Waals surface area contributed by atoms with Crippen molar-refractivity contribution in [2.24, 2.45) is 0 Å². The van der Waals surface area contributed by atoms with E-state index in [2.05, 4.69) is 29.4 Å². The summed E-state index contributed by atoms with van der Waals surface area (Å²) < 4.78 is 13.0. The number of likely N-dealkylation sites (N-methyl/N-ethyl adjacent to an activating group) is 1. The molecule has 1 heterocycles. The minimum atomic E-state index is -0.812. The summed E-state index contributed by atoms with van der Waals surface area (Å²) in [5, 5.41) is 21.2. The van der Waals surface area contributed by atoms with Crippen LogP contribution in [0, 0.1) is 0 Å². The third kappa shape index (κ3) is 9.79. The molecule has 8 heteroatoms. The first-order chi connectivity index (χ1) is 19.9. The quantitative estimate of drug-likeness (QED) is 0.213. The van der Waals surface area contributed by atoms with E-state index in [4.69, 9.17) is 14.6 Å². The predicted octanol–water partition coefficient (Wildman–Crippen LogP) is 5.83. The zero-order valence-corrected chi connectivity index (χ0v) is 23.6. The molecule has 1 amide bonds. The Morgan fingerprint density at radius 3 is 2.37 bits per heavy atom. The lowest BCUT2D eigenvalue weighted by atomic mass is 9.99. The molecular formula is C33H40N2O6. The van der Waals surface area contributed by atoms with E-state index in [1.165, 1.54) is 5.56 Å².